The average molecular weight is 307 g/mol. The molecule has 1 N–H and O–H groups in total. The molecule has 2 aromatic heterocycles. The molecule has 0 amide bonds. The average Bonchev–Trinajstić information content (AvgIpc) is 3.10. The van der Waals surface area contributed by atoms with Gasteiger partial charge in [0.1, 0.15) is 5.82 Å². The first-order valence-corrected chi connectivity index (χ1v) is 7.14. The molecule has 0 saturated carbocycles. The first kappa shape index (κ1) is 14.8. The molecular weight excluding hydrogens is 290 g/mol. The Bertz CT molecular complexity index is 779. The minimum absolute atomic E-state index is 0.744. The topological polar surface area (TPSA) is 66.5 Å². The highest BCUT2D eigenvalue weighted by Crippen LogP contribution is 2.20. The Labute approximate surface area is 134 Å². The summed E-state index contributed by atoms with van der Waals surface area (Å²) >= 11 is 0. The van der Waals surface area contributed by atoms with E-state index in [1.807, 2.05) is 55.4 Å². The van der Waals surface area contributed by atoms with Crippen molar-refractivity contribution in [1.82, 2.24) is 9.97 Å². The molecule has 3 aromatic rings. The van der Waals surface area contributed by atoms with Gasteiger partial charge in [-0.15, -0.1) is 0 Å². The summed E-state index contributed by atoms with van der Waals surface area (Å²) in [4.78, 5) is 10.1. The molecule has 3 rings (SSSR count). The summed E-state index contributed by atoms with van der Waals surface area (Å²) in [6.45, 7) is 0. The molecule has 0 radical (unpaired) electrons. The van der Waals surface area contributed by atoms with Crippen molar-refractivity contribution >= 4 is 17.7 Å². The van der Waals surface area contributed by atoms with E-state index in [1.165, 1.54) is 6.39 Å². The maximum atomic E-state index is 5.26. The first-order chi connectivity index (χ1) is 11.2. The number of benzene rings is 1. The molecule has 0 spiro atoms. The molecule has 0 aliphatic heterocycles. The van der Waals surface area contributed by atoms with Crippen LogP contribution in [0.1, 0.15) is 5.56 Å². The van der Waals surface area contributed by atoms with Crippen molar-refractivity contribution in [3.05, 3.63) is 60.7 Å². The lowest BCUT2D eigenvalue weighted by atomic mass is 10.2. The third kappa shape index (κ3) is 3.74. The molecule has 6 heteroatoms. The summed E-state index contributed by atoms with van der Waals surface area (Å²) in [5.74, 6) is 1.64. The van der Waals surface area contributed by atoms with Gasteiger partial charge in [0.05, 0.1) is 18.1 Å². The van der Waals surface area contributed by atoms with Crippen LogP contribution in [0.15, 0.2) is 64.7 Å². The normalized spacial score (nSPS) is 10.9. The SMILES string of the molecule is CN(C)c1cc(/C=N/Nc2ccc(-c3cnco3)cc2)ccn1. The molecule has 0 fully saturated rings. The van der Waals surface area contributed by atoms with Crippen LogP contribution in [0, 0.1) is 0 Å². The Kier molecular flexibility index (Phi) is 4.33. The lowest BCUT2D eigenvalue weighted by Crippen LogP contribution is -2.10. The molecule has 1 aromatic carbocycles. The van der Waals surface area contributed by atoms with Crippen LogP contribution in [0.25, 0.3) is 11.3 Å². The Hall–Kier alpha value is -3.15. The third-order valence-electron chi connectivity index (χ3n) is 3.24. The molecule has 6 nitrogen and oxygen atoms in total. The van der Waals surface area contributed by atoms with E-state index in [0.29, 0.717) is 0 Å². The van der Waals surface area contributed by atoms with Gasteiger partial charge in [-0.25, -0.2) is 9.97 Å². The number of nitrogens with one attached hydrogen (secondary N) is 1. The fourth-order valence-corrected chi connectivity index (χ4v) is 2.01. The van der Waals surface area contributed by atoms with Gasteiger partial charge in [0, 0.05) is 25.9 Å². The van der Waals surface area contributed by atoms with Crippen LogP contribution in [0.4, 0.5) is 11.5 Å². The number of nitrogens with zero attached hydrogens (tertiary/aromatic N) is 4. The monoisotopic (exact) mass is 307 g/mol. The molecule has 0 unspecified atom stereocenters. The van der Waals surface area contributed by atoms with Crippen molar-refractivity contribution in [2.75, 3.05) is 24.4 Å². The van der Waals surface area contributed by atoms with Crippen molar-refractivity contribution in [2.45, 2.75) is 0 Å². The van der Waals surface area contributed by atoms with E-state index < -0.39 is 0 Å². The summed E-state index contributed by atoms with van der Waals surface area (Å²) in [6.07, 6.45) is 6.64. The van der Waals surface area contributed by atoms with Gasteiger partial charge in [0.25, 0.3) is 0 Å². The van der Waals surface area contributed by atoms with Crippen molar-refractivity contribution in [2.24, 2.45) is 5.10 Å². The van der Waals surface area contributed by atoms with Crippen LogP contribution in [-0.2, 0) is 0 Å². The molecule has 23 heavy (non-hydrogen) atoms. The summed E-state index contributed by atoms with van der Waals surface area (Å²) < 4.78 is 5.26. The Morgan fingerprint density at radius 3 is 2.70 bits per heavy atom. The number of aromatic nitrogens is 2. The van der Waals surface area contributed by atoms with Crippen LogP contribution in [0.5, 0.6) is 0 Å². The molecular formula is C17H17N5O. The molecule has 0 atom stereocenters. The minimum Gasteiger partial charge on any atom is -0.444 e. The maximum absolute atomic E-state index is 5.26. The molecule has 2 heterocycles. The Balaban J connectivity index is 1.65. The second kappa shape index (κ2) is 6.74. The van der Waals surface area contributed by atoms with Crippen LogP contribution < -0.4 is 10.3 Å². The number of rotatable bonds is 5. The third-order valence-corrected chi connectivity index (χ3v) is 3.24. The standard InChI is InChI=1S/C17H17N5O/c1-22(2)17-9-13(7-8-19-17)10-20-21-15-5-3-14(4-6-15)16-11-18-12-23-16/h3-12,21H,1-2H3/b20-10+. The van der Waals surface area contributed by atoms with Gasteiger partial charge in [-0.2, -0.15) is 5.10 Å². The van der Waals surface area contributed by atoms with Gasteiger partial charge >= 0.3 is 0 Å². The number of hydrogen-bond donors (Lipinski definition) is 1. The molecule has 116 valence electrons. The quantitative estimate of drug-likeness (QED) is 0.579. The molecule has 0 saturated heterocycles. The number of pyridine rings is 1. The Morgan fingerprint density at radius 2 is 2.00 bits per heavy atom. The van der Waals surface area contributed by atoms with E-state index in [-0.39, 0.29) is 0 Å². The summed E-state index contributed by atoms with van der Waals surface area (Å²) in [5, 5.41) is 4.25. The number of oxazole rings is 1. The van der Waals surface area contributed by atoms with Gasteiger partial charge in [0.2, 0.25) is 0 Å². The van der Waals surface area contributed by atoms with Crippen molar-refractivity contribution in [3.8, 4) is 11.3 Å². The van der Waals surface area contributed by atoms with Gasteiger partial charge in [0.15, 0.2) is 12.2 Å². The van der Waals surface area contributed by atoms with Crippen molar-refractivity contribution in [1.29, 1.82) is 0 Å². The van der Waals surface area contributed by atoms with Crippen LogP contribution in [0.2, 0.25) is 0 Å². The summed E-state index contributed by atoms with van der Waals surface area (Å²) in [7, 11) is 3.91. The molecule has 0 bridgehead atoms. The van der Waals surface area contributed by atoms with E-state index in [2.05, 4.69) is 20.5 Å². The highest BCUT2D eigenvalue weighted by molar-refractivity contribution is 5.81. The van der Waals surface area contributed by atoms with Crippen LogP contribution >= 0.6 is 0 Å². The van der Waals surface area contributed by atoms with Crippen LogP contribution in [0.3, 0.4) is 0 Å². The number of hydrazone groups is 1. The highest BCUT2D eigenvalue weighted by atomic mass is 16.3. The lowest BCUT2D eigenvalue weighted by Gasteiger charge is -2.10. The fraction of sp³-hybridized carbons (Fsp3) is 0.118. The smallest absolute Gasteiger partial charge is 0.181 e. The van der Waals surface area contributed by atoms with E-state index in [0.717, 1.165) is 28.4 Å². The molecule has 0 aliphatic carbocycles. The van der Waals surface area contributed by atoms with Gasteiger partial charge in [-0.1, -0.05) is 0 Å². The second-order valence-corrected chi connectivity index (χ2v) is 5.15. The highest BCUT2D eigenvalue weighted by Gasteiger charge is 2.00. The van der Waals surface area contributed by atoms with E-state index in [4.69, 9.17) is 4.42 Å². The predicted molar refractivity (Wildman–Crippen MR) is 91.7 cm³/mol. The molecule has 0 aliphatic rings. The van der Waals surface area contributed by atoms with E-state index in [1.54, 1.807) is 18.6 Å². The van der Waals surface area contributed by atoms with Gasteiger partial charge < -0.3 is 9.32 Å². The number of hydrogen-bond acceptors (Lipinski definition) is 6. The zero-order valence-electron chi connectivity index (χ0n) is 13.0. The lowest BCUT2D eigenvalue weighted by molar-refractivity contribution is 0.572. The van der Waals surface area contributed by atoms with Crippen molar-refractivity contribution in [3.63, 3.8) is 0 Å². The second-order valence-electron chi connectivity index (χ2n) is 5.15. The minimum atomic E-state index is 0.744. The van der Waals surface area contributed by atoms with Crippen LogP contribution in [-0.4, -0.2) is 30.3 Å². The predicted octanol–water partition coefficient (Wildman–Crippen LogP) is 3.25. The van der Waals surface area contributed by atoms with Gasteiger partial charge in [-0.3, -0.25) is 5.43 Å². The Morgan fingerprint density at radius 1 is 1.17 bits per heavy atom. The zero-order chi connectivity index (χ0) is 16.1. The zero-order valence-corrected chi connectivity index (χ0v) is 13.0. The van der Waals surface area contributed by atoms with E-state index >= 15 is 0 Å². The van der Waals surface area contributed by atoms with E-state index in [9.17, 15) is 0 Å². The van der Waals surface area contributed by atoms with Crippen molar-refractivity contribution < 1.29 is 4.42 Å². The largest absolute Gasteiger partial charge is 0.444 e. The first-order valence-electron chi connectivity index (χ1n) is 7.14. The number of anilines is 2. The van der Waals surface area contributed by atoms with Gasteiger partial charge in [-0.05, 0) is 42.0 Å². The fourth-order valence-electron chi connectivity index (χ4n) is 2.01. The summed E-state index contributed by atoms with van der Waals surface area (Å²) in [5.41, 5.74) is 5.85. The summed E-state index contributed by atoms with van der Waals surface area (Å²) in [6, 6.07) is 11.7. The maximum Gasteiger partial charge on any atom is 0.181 e.